The van der Waals surface area contributed by atoms with E-state index in [2.05, 4.69) is 12.2 Å². The summed E-state index contributed by atoms with van der Waals surface area (Å²) in [5, 5.41) is 12.4. The lowest BCUT2D eigenvalue weighted by Crippen LogP contribution is -2.41. The molecule has 0 bridgehead atoms. The third-order valence-corrected chi connectivity index (χ3v) is 1.44. The molecule has 0 saturated carbocycles. The standard InChI is InChI=1S/C7H17NO/c1-4-6-8-7(3,9)5-2/h8-9H,4-6H2,1-3H3. The van der Waals surface area contributed by atoms with Crippen molar-refractivity contribution in [3.05, 3.63) is 0 Å². The molecule has 2 nitrogen and oxygen atoms in total. The monoisotopic (exact) mass is 131 g/mol. The SMILES string of the molecule is CCCNC(C)(O)CC. The predicted octanol–water partition coefficient (Wildman–Crippen LogP) is 1.10. The Morgan fingerprint density at radius 1 is 1.44 bits per heavy atom. The van der Waals surface area contributed by atoms with Crippen LogP contribution in [0.4, 0.5) is 0 Å². The lowest BCUT2D eigenvalue weighted by atomic mass is 10.2. The molecule has 9 heavy (non-hydrogen) atoms. The molecule has 0 aliphatic carbocycles. The van der Waals surface area contributed by atoms with Gasteiger partial charge in [0, 0.05) is 0 Å². The van der Waals surface area contributed by atoms with Gasteiger partial charge in [-0.05, 0) is 26.3 Å². The molecule has 0 aliphatic heterocycles. The largest absolute Gasteiger partial charge is 0.376 e. The molecule has 0 radical (unpaired) electrons. The number of rotatable bonds is 4. The second kappa shape index (κ2) is 3.85. The minimum atomic E-state index is -0.657. The van der Waals surface area contributed by atoms with Gasteiger partial charge in [0.05, 0.1) is 0 Å². The van der Waals surface area contributed by atoms with E-state index < -0.39 is 5.72 Å². The topological polar surface area (TPSA) is 32.3 Å². The number of aliphatic hydroxyl groups is 1. The lowest BCUT2D eigenvalue weighted by molar-refractivity contribution is 0.0208. The van der Waals surface area contributed by atoms with Crippen molar-refractivity contribution >= 4 is 0 Å². The maximum atomic E-state index is 9.34. The van der Waals surface area contributed by atoms with Gasteiger partial charge in [0.1, 0.15) is 5.72 Å². The molecule has 0 aromatic heterocycles. The van der Waals surface area contributed by atoms with Gasteiger partial charge in [0.2, 0.25) is 0 Å². The van der Waals surface area contributed by atoms with Crippen molar-refractivity contribution in [2.24, 2.45) is 0 Å². The summed E-state index contributed by atoms with van der Waals surface area (Å²) in [6.07, 6.45) is 1.82. The quantitative estimate of drug-likeness (QED) is 0.560. The third kappa shape index (κ3) is 4.43. The Balaban J connectivity index is 3.33. The van der Waals surface area contributed by atoms with Crippen LogP contribution in [0.2, 0.25) is 0 Å². The van der Waals surface area contributed by atoms with E-state index in [1.54, 1.807) is 6.92 Å². The van der Waals surface area contributed by atoms with E-state index in [1.807, 2.05) is 6.92 Å². The van der Waals surface area contributed by atoms with Gasteiger partial charge in [-0.1, -0.05) is 13.8 Å². The van der Waals surface area contributed by atoms with Gasteiger partial charge in [0.25, 0.3) is 0 Å². The molecule has 2 N–H and O–H groups in total. The first-order valence-corrected chi connectivity index (χ1v) is 3.59. The molecule has 0 amide bonds. The Kier molecular flexibility index (Phi) is 3.82. The molecule has 0 aliphatic rings. The van der Waals surface area contributed by atoms with Crippen molar-refractivity contribution in [2.75, 3.05) is 6.54 Å². The highest BCUT2D eigenvalue weighted by molar-refractivity contribution is 4.65. The molecule has 0 saturated heterocycles. The van der Waals surface area contributed by atoms with E-state index in [9.17, 15) is 5.11 Å². The minimum absolute atomic E-state index is 0.657. The van der Waals surface area contributed by atoms with Crippen LogP contribution in [0.5, 0.6) is 0 Å². The van der Waals surface area contributed by atoms with Crippen molar-refractivity contribution in [1.82, 2.24) is 5.32 Å². The zero-order chi connectivity index (χ0) is 7.33. The molecule has 1 unspecified atom stereocenters. The number of hydrogen-bond acceptors (Lipinski definition) is 2. The second-order valence-electron chi connectivity index (χ2n) is 2.55. The molecule has 0 aromatic rings. The van der Waals surface area contributed by atoms with Gasteiger partial charge < -0.3 is 5.11 Å². The molecule has 0 heterocycles. The van der Waals surface area contributed by atoms with Crippen molar-refractivity contribution in [3.8, 4) is 0 Å². The van der Waals surface area contributed by atoms with E-state index in [-0.39, 0.29) is 0 Å². The summed E-state index contributed by atoms with van der Waals surface area (Å²) >= 11 is 0. The van der Waals surface area contributed by atoms with Crippen LogP contribution in [0.25, 0.3) is 0 Å². The van der Waals surface area contributed by atoms with Gasteiger partial charge in [-0.3, -0.25) is 5.32 Å². The fourth-order valence-corrected chi connectivity index (χ4v) is 0.519. The fourth-order valence-electron chi connectivity index (χ4n) is 0.519. The molecular formula is C7H17NO. The van der Waals surface area contributed by atoms with Crippen molar-refractivity contribution in [1.29, 1.82) is 0 Å². The van der Waals surface area contributed by atoms with Crippen molar-refractivity contribution in [2.45, 2.75) is 39.3 Å². The maximum absolute atomic E-state index is 9.34. The maximum Gasteiger partial charge on any atom is 0.112 e. The van der Waals surface area contributed by atoms with Crippen LogP contribution in [0.1, 0.15) is 33.6 Å². The predicted molar refractivity (Wildman–Crippen MR) is 39.2 cm³/mol. The molecular weight excluding hydrogens is 114 g/mol. The fraction of sp³-hybridized carbons (Fsp3) is 1.00. The molecule has 0 fully saturated rings. The zero-order valence-electron chi connectivity index (χ0n) is 6.57. The molecule has 0 aromatic carbocycles. The van der Waals surface area contributed by atoms with Crippen LogP contribution in [-0.2, 0) is 0 Å². The Morgan fingerprint density at radius 2 is 2.00 bits per heavy atom. The lowest BCUT2D eigenvalue weighted by Gasteiger charge is -2.22. The summed E-state index contributed by atoms with van der Waals surface area (Å²) in [5.41, 5.74) is -0.657. The van der Waals surface area contributed by atoms with Crippen LogP contribution in [0.15, 0.2) is 0 Å². The Morgan fingerprint density at radius 3 is 2.33 bits per heavy atom. The third-order valence-electron chi connectivity index (χ3n) is 1.44. The number of hydrogen-bond donors (Lipinski definition) is 2. The summed E-state index contributed by atoms with van der Waals surface area (Å²) < 4.78 is 0. The summed E-state index contributed by atoms with van der Waals surface area (Å²) in [7, 11) is 0. The van der Waals surface area contributed by atoms with Crippen LogP contribution in [0, 0.1) is 0 Å². The van der Waals surface area contributed by atoms with E-state index in [0.717, 1.165) is 19.4 Å². The summed E-state index contributed by atoms with van der Waals surface area (Å²) in [5.74, 6) is 0. The highest BCUT2D eigenvalue weighted by atomic mass is 16.3. The van der Waals surface area contributed by atoms with Gasteiger partial charge >= 0.3 is 0 Å². The second-order valence-corrected chi connectivity index (χ2v) is 2.55. The summed E-state index contributed by atoms with van der Waals surface area (Å²) in [6, 6.07) is 0. The first-order chi connectivity index (χ1) is 4.12. The van der Waals surface area contributed by atoms with Crippen molar-refractivity contribution < 1.29 is 5.11 Å². The molecule has 56 valence electrons. The molecule has 2 heteroatoms. The Bertz CT molecular complexity index is 71.3. The Hall–Kier alpha value is -0.0800. The van der Waals surface area contributed by atoms with Gasteiger partial charge in [-0.15, -0.1) is 0 Å². The Labute approximate surface area is 57.3 Å². The van der Waals surface area contributed by atoms with Crippen LogP contribution >= 0.6 is 0 Å². The smallest absolute Gasteiger partial charge is 0.112 e. The highest BCUT2D eigenvalue weighted by Crippen LogP contribution is 2.01. The van der Waals surface area contributed by atoms with E-state index >= 15 is 0 Å². The van der Waals surface area contributed by atoms with Gasteiger partial charge in [0.15, 0.2) is 0 Å². The van der Waals surface area contributed by atoms with Crippen molar-refractivity contribution in [3.63, 3.8) is 0 Å². The van der Waals surface area contributed by atoms with E-state index in [4.69, 9.17) is 0 Å². The first-order valence-electron chi connectivity index (χ1n) is 3.59. The molecule has 1 atom stereocenters. The van der Waals surface area contributed by atoms with Gasteiger partial charge in [-0.2, -0.15) is 0 Å². The average Bonchev–Trinajstić information content (AvgIpc) is 1.84. The normalized spacial score (nSPS) is 17.3. The van der Waals surface area contributed by atoms with E-state index in [0.29, 0.717) is 0 Å². The van der Waals surface area contributed by atoms with Crippen LogP contribution in [-0.4, -0.2) is 17.4 Å². The van der Waals surface area contributed by atoms with Gasteiger partial charge in [-0.25, -0.2) is 0 Å². The van der Waals surface area contributed by atoms with Crippen LogP contribution in [0.3, 0.4) is 0 Å². The van der Waals surface area contributed by atoms with Crippen LogP contribution < -0.4 is 5.32 Å². The first kappa shape index (κ1) is 8.92. The zero-order valence-corrected chi connectivity index (χ0v) is 6.57. The molecule has 0 rings (SSSR count). The minimum Gasteiger partial charge on any atom is -0.376 e. The molecule has 0 spiro atoms. The summed E-state index contributed by atoms with van der Waals surface area (Å²) in [6.45, 7) is 6.73. The van der Waals surface area contributed by atoms with E-state index in [1.165, 1.54) is 0 Å². The summed E-state index contributed by atoms with van der Waals surface area (Å²) in [4.78, 5) is 0. The number of nitrogens with one attached hydrogen (secondary N) is 1. The average molecular weight is 131 g/mol. The highest BCUT2D eigenvalue weighted by Gasteiger charge is 2.13.